The highest BCUT2D eigenvalue weighted by Gasteiger charge is 2.13. The van der Waals surface area contributed by atoms with E-state index in [0.717, 1.165) is 27.7 Å². The molecule has 2 aromatic carbocycles. The van der Waals surface area contributed by atoms with Gasteiger partial charge in [0.1, 0.15) is 5.82 Å². The van der Waals surface area contributed by atoms with Crippen LogP contribution >= 0.6 is 11.6 Å². The van der Waals surface area contributed by atoms with E-state index >= 15 is 0 Å². The van der Waals surface area contributed by atoms with Crippen LogP contribution in [0, 0.1) is 18.3 Å². The zero-order valence-electron chi connectivity index (χ0n) is 14.4. The van der Waals surface area contributed by atoms with Gasteiger partial charge in [-0.1, -0.05) is 17.7 Å². The molecule has 0 amide bonds. The van der Waals surface area contributed by atoms with E-state index < -0.39 is 0 Å². The van der Waals surface area contributed by atoms with Crippen LogP contribution in [-0.4, -0.2) is 15.0 Å². The number of anilines is 2. The summed E-state index contributed by atoms with van der Waals surface area (Å²) in [5, 5.41) is 13.9. The molecular weight excluding hydrogens is 358 g/mol. The third kappa shape index (κ3) is 3.43. The summed E-state index contributed by atoms with van der Waals surface area (Å²) in [7, 11) is 0. The van der Waals surface area contributed by atoms with Crippen molar-refractivity contribution in [2.45, 2.75) is 6.92 Å². The number of pyridine rings is 1. The predicted molar refractivity (Wildman–Crippen MR) is 107 cm³/mol. The van der Waals surface area contributed by atoms with Crippen LogP contribution in [0.1, 0.15) is 11.1 Å². The highest BCUT2D eigenvalue weighted by Crippen LogP contribution is 2.31. The molecule has 130 valence electrons. The highest BCUT2D eigenvalue weighted by atomic mass is 35.5. The maximum absolute atomic E-state index is 9.14. The Hall–Kier alpha value is -3.49. The molecule has 0 bridgehead atoms. The molecule has 6 heteroatoms. The smallest absolute Gasteiger partial charge is 0.163 e. The molecule has 0 unspecified atom stereocenters. The molecule has 5 nitrogen and oxygen atoms in total. The number of benzene rings is 2. The average Bonchev–Trinajstić information content (AvgIpc) is 2.69. The Bertz CT molecular complexity index is 1180. The van der Waals surface area contributed by atoms with Crippen LogP contribution in [0.5, 0.6) is 0 Å². The van der Waals surface area contributed by atoms with Gasteiger partial charge >= 0.3 is 0 Å². The van der Waals surface area contributed by atoms with E-state index in [4.69, 9.17) is 26.8 Å². The summed E-state index contributed by atoms with van der Waals surface area (Å²) in [5.41, 5.74) is 3.93. The van der Waals surface area contributed by atoms with Gasteiger partial charge in [0, 0.05) is 34.1 Å². The second kappa shape index (κ2) is 7.02. The van der Waals surface area contributed by atoms with Crippen LogP contribution in [-0.2, 0) is 0 Å². The summed E-state index contributed by atoms with van der Waals surface area (Å²) in [5.74, 6) is 1.19. The lowest BCUT2D eigenvalue weighted by Crippen LogP contribution is -2.01. The Morgan fingerprint density at radius 1 is 1.07 bits per heavy atom. The molecule has 0 radical (unpaired) electrons. The van der Waals surface area contributed by atoms with Gasteiger partial charge in [-0.05, 0) is 55.0 Å². The molecule has 0 spiro atoms. The van der Waals surface area contributed by atoms with Gasteiger partial charge in [-0.15, -0.1) is 0 Å². The number of hydrogen-bond donors (Lipinski definition) is 1. The van der Waals surface area contributed by atoms with E-state index in [9.17, 15) is 0 Å². The first-order valence-corrected chi connectivity index (χ1v) is 8.67. The number of nitriles is 1. The number of hydrogen-bond acceptors (Lipinski definition) is 5. The lowest BCUT2D eigenvalue weighted by molar-refractivity contribution is 1.20. The van der Waals surface area contributed by atoms with E-state index in [-0.39, 0.29) is 0 Å². The van der Waals surface area contributed by atoms with Gasteiger partial charge in [0.15, 0.2) is 5.82 Å². The standard InChI is InChI=1S/C21H14ClN5/c1-13-8-16(22)10-18-19(13)26-20(15-5-3-7-24-12-15)27-21(18)25-17-6-2-4-14(9-17)11-23/h2-10,12H,1H3,(H,25,26,27). The Balaban J connectivity index is 1.92. The minimum Gasteiger partial charge on any atom is -0.340 e. The average molecular weight is 372 g/mol. The number of nitrogens with one attached hydrogen (secondary N) is 1. The molecule has 4 rings (SSSR count). The van der Waals surface area contributed by atoms with E-state index in [1.807, 2.05) is 43.3 Å². The number of aromatic nitrogens is 3. The van der Waals surface area contributed by atoms with E-state index in [2.05, 4.69) is 16.4 Å². The molecule has 0 saturated carbocycles. The van der Waals surface area contributed by atoms with Crippen molar-refractivity contribution in [3.8, 4) is 17.5 Å². The van der Waals surface area contributed by atoms with Gasteiger partial charge in [0.25, 0.3) is 0 Å². The molecule has 27 heavy (non-hydrogen) atoms. The first kappa shape index (κ1) is 17.0. The van der Waals surface area contributed by atoms with Crippen molar-refractivity contribution in [3.05, 3.63) is 77.1 Å². The fourth-order valence-corrected chi connectivity index (χ4v) is 3.16. The van der Waals surface area contributed by atoms with Crippen molar-refractivity contribution in [2.24, 2.45) is 0 Å². The lowest BCUT2D eigenvalue weighted by atomic mass is 10.1. The molecule has 4 aromatic rings. The third-order valence-corrected chi connectivity index (χ3v) is 4.35. The van der Waals surface area contributed by atoms with Crippen molar-refractivity contribution in [1.29, 1.82) is 5.26 Å². The fourth-order valence-electron chi connectivity index (χ4n) is 2.88. The fraction of sp³-hybridized carbons (Fsp3) is 0.0476. The number of rotatable bonds is 3. The van der Waals surface area contributed by atoms with Crippen molar-refractivity contribution in [1.82, 2.24) is 15.0 Å². The van der Waals surface area contributed by atoms with Gasteiger partial charge in [0.05, 0.1) is 17.1 Å². The van der Waals surface area contributed by atoms with Gasteiger partial charge in [-0.25, -0.2) is 9.97 Å². The van der Waals surface area contributed by atoms with Crippen LogP contribution in [0.2, 0.25) is 5.02 Å². The number of halogens is 1. The van der Waals surface area contributed by atoms with E-state index in [0.29, 0.717) is 22.2 Å². The Kier molecular flexibility index (Phi) is 4.41. The second-order valence-corrected chi connectivity index (χ2v) is 6.51. The molecule has 1 N–H and O–H groups in total. The lowest BCUT2D eigenvalue weighted by Gasteiger charge is -2.13. The normalized spacial score (nSPS) is 10.6. The Morgan fingerprint density at radius 2 is 1.96 bits per heavy atom. The van der Waals surface area contributed by atoms with Gasteiger partial charge in [0.2, 0.25) is 0 Å². The number of aryl methyl sites for hydroxylation is 1. The minimum absolute atomic E-state index is 0.569. The largest absolute Gasteiger partial charge is 0.340 e. The van der Waals surface area contributed by atoms with E-state index in [1.54, 1.807) is 24.5 Å². The predicted octanol–water partition coefficient (Wildman–Crippen LogP) is 5.27. The molecule has 0 aliphatic rings. The molecule has 0 fully saturated rings. The second-order valence-electron chi connectivity index (χ2n) is 6.07. The summed E-state index contributed by atoms with van der Waals surface area (Å²) in [6.07, 6.45) is 3.44. The van der Waals surface area contributed by atoms with Crippen molar-refractivity contribution in [2.75, 3.05) is 5.32 Å². The molecule has 0 atom stereocenters. The van der Waals surface area contributed by atoms with E-state index in [1.165, 1.54) is 0 Å². The molecule has 2 aromatic heterocycles. The number of nitrogens with zero attached hydrogens (tertiary/aromatic N) is 4. The molecule has 0 saturated heterocycles. The van der Waals surface area contributed by atoms with Gasteiger partial charge in [-0.2, -0.15) is 5.26 Å². The minimum atomic E-state index is 0.569. The Labute approximate surface area is 161 Å². The number of fused-ring (bicyclic) bond motifs is 1. The molecule has 0 aliphatic heterocycles. The molecule has 2 heterocycles. The van der Waals surface area contributed by atoms with Gasteiger partial charge < -0.3 is 5.32 Å². The SMILES string of the molecule is Cc1cc(Cl)cc2c(Nc3cccc(C#N)c3)nc(-c3cccnc3)nc12. The monoisotopic (exact) mass is 371 g/mol. The maximum Gasteiger partial charge on any atom is 0.163 e. The first-order valence-electron chi connectivity index (χ1n) is 8.29. The van der Waals surface area contributed by atoms with Crippen LogP contribution in [0.4, 0.5) is 11.5 Å². The van der Waals surface area contributed by atoms with Crippen molar-refractivity contribution >= 4 is 34.0 Å². The highest BCUT2D eigenvalue weighted by molar-refractivity contribution is 6.31. The van der Waals surface area contributed by atoms with Crippen LogP contribution < -0.4 is 5.32 Å². The summed E-state index contributed by atoms with van der Waals surface area (Å²) >= 11 is 6.27. The summed E-state index contributed by atoms with van der Waals surface area (Å²) in [4.78, 5) is 13.6. The summed E-state index contributed by atoms with van der Waals surface area (Å²) in [6, 6.07) is 16.9. The summed E-state index contributed by atoms with van der Waals surface area (Å²) < 4.78 is 0. The zero-order chi connectivity index (χ0) is 18.8. The third-order valence-electron chi connectivity index (χ3n) is 4.13. The molecule has 0 aliphatic carbocycles. The first-order chi connectivity index (χ1) is 13.1. The van der Waals surface area contributed by atoms with Crippen LogP contribution in [0.3, 0.4) is 0 Å². The Morgan fingerprint density at radius 3 is 2.74 bits per heavy atom. The molecular formula is C21H14ClN5. The van der Waals surface area contributed by atoms with Crippen LogP contribution in [0.25, 0.3) is 22.3 Å². The maximum atomic E-state index is 9.14. The summed E-state index contributed by atoms with van der Waals surface area (Å²) in [6.45, 7) is 1.97. The van der Waals surface area contributed by atoms with Crippen LogP contribution in [0.15, 0.2) is 60.9 Å². The van der Waals surface area contributed by atoms with Gasteiger partial charge in [-0.3, -0.25) is 4.98 Å². The zero-order valence-corrected chi connectivity index (χ0v) is 15.2. The van der Waals surface area contributed by atoms with Crippen molar-refractivity contribution in [3.63, 3.8) is 0 Å². The quantitative estimate of drug-likeness (QED) is 0.531. The van der Waals surface area contributed by atoms with Crippen molar-refractivity contribution < 1.29 is 0 Å². The topological polar surface area (TPSA) is 74.5 Å².